The average molecular weight is 280 g/mol. The van der Waals surface area contributed by atoms with Crippen molar-refractivity contribution in [3.63, 3.8) is 0 Å². The first-order valence-electron chi connectivity index (χ1n) is 5.20. The first-order valence-corrected chi connectivity index (χ1v) is 5.99. The first-order chi connectivity index (χ1) is 7.72. The second-order valence-electron chi connectivity index (χ2n) is 3.78. The third-order valence-corrected chi connectivity index (χ3v) is 3.15. The number of rotatable bonds is 3. The Hall–Kier alpha value is -1.13. The molecule has 2 rings (SSSR count). The lowest BCUT2D eigenvalue weighted by Gasteiger charge is -2.14. The molecule has 3 nitrogen and oxygen atoms in total. The summed E-state index contributed by atoms with van der Waals surface area (Å²) in [6.07, 6.45) is 3.70. The van der Waals surface area contributed by atoms with Crippen molar-refractivity contribution >= 4 is 15.9 Å². The Balaban J connectivity index is 2.40. The monoisotopic (exact) mass is 279 g/mol. The number of benzene rings is 1. The van der Waals surface area contributed by atoms with Gasteiger partial charge in [-0.25, -0.2) is 4.98 Å². The van der Waals surface area contributed by atoms with Crippen LogP contribution in [0.3, 0.4) is 0 Å². The van der Waals surface area contributed by atoms with Gasteiger partial charge in [0.1, 0.15) is 0 Å². The van der Waals surface area contributed by atoms with Crippen molar-refractivity contribution < 1.29 is 0 Å². The number of nitrogens with zero attached hydrogens (tertiary/aromatic N) is 2. The van der Waals surface area contributed by atoms with E-state index in [9.17, 15) is 0 Å². The third kappa shape index (κ3) is 2.18. The predicted octanol–water partition coefficient (Wildman–Crippen LogP) is 2.83. The van der Waals surface area contributed by atoms with Gasteiger partial charge in [0.05, 0.1) is 18.2 Å². The molecule has 0 amide bonds. The molecule has 0 spiro atoms. The highest BCUT2D eigenvalue weighted by Crippen LogP contribution is 2.23. The van der Waals surface area contributed by atoms with Gasteiger partial charge >= 0.3 is 0 Å². The number of hydrogen-bond donors (Lipinski definition) is 1. The fraction of sp³-hybridized carbons (Fsp3) is 0.250. The van der Waals surface area contributed by atoms with E-state index in [1.54, 1.807) is 0 Å². The van der Waals surface area contributed by atoms with E-state index in [4.69, 9.17) is 5.73 Å². The largest absolute Gasteiger partial charge is 0.328 e. The SMILES string of the molecule is CC(CN)n1cncc1-c1ccc(Br)cc1. The minimum atomic E-state index is 0.265. The van der Waals surface area contributed by atoms with Gasteiger partial charge in [-0.1, -0.05) is 28.1 Å². The zero-order chi connectivity index (χ0) is 11.5. The van der Waals surface area contributed by atoms with E-state index in [-0.39, 0.29) is 6.04 Å². The van der Waals surface area contributed by atoms with Gasteiger partial charge < -0.3 is 10.3 Å². The average Bonchev–Trinajstić information content (AvgIpc) is 2.78. The van der Waals surface area contributed by atoms with Crippen LogP contribution in [0.4, 0.5) is 0 Å². The predicted molar refractivity (Wildman–Crippen MR) is 69.1 cm³/mol. The Morgan fingerprint density at radius 1 is 1.38 bits per heavy atom. The molecule has 0 aliphatic rings. The van der Waals surface area contributed by atoms with E-state index in [0.29, 0.717) is 6.54 Å². The molecule has 1 unspecified atom stereocenters. The number of hydrogen-bond acceptors (Lipinski definition) is 2. The van der Waals surface area contributed by atoms with E-state index < -0.39 is 0 Å². The second kappa shape index (κ2) is 4.80. The van der Waals surface area contributed by atoms with Gasteiger partial charge in [0, 0.05) is 17.1 Å². The van der Waals surface area contributed by atoms with Crippen LogP contribution in [-0.4, -0.2) is 16.1 Å². The third-order valence-electron chi connectivity index (χ3n) is 2.62. The van der Waals surface area contributed by atoms with Gasteiger partial charge in [-0.3, -0.25) is 0 Å². The van der Waals surface area contributed by atoms with Crippen molar-refractivity contribution in [1.82, 2.24) is 9.55 Å². The van der Waals surface area contributed by atoms with Gasteiger partial charge in [0.25, 0.3) is 0 Å². The highest BCUT2D eigenvalue weighted by atomic mass is 79.9. The van der Waals surface area contributed by atoms with Crippen LogP contribution < -0.4 is 5.73 Å². The van der Waals surface area contributed by atoms with Gasteiger partial charge in [-0.15, -0.1) is 0 Å². The lowest BCUT2D eigenvalue weighted by atomic mass is 10.1. The molecule has 1 aromatic carbocycles. The summed E-state index contributed by atoms with van der Waals surface area (Å²) in [5.41, 5.74) is 7.93. The molecule has 4 heteroatoms. The molecule has 84 valence electrons. The van der Waals surface area contributed by atoms with Crippen LogP contribution in [0.15, 0.2) is 41.3 Å². The lowest BCUT2D eigenvalue weighted by molar-refractivity contribution is 0.563. The smallest absolute Gasteiger partial charge is 0.0953 e. The van der Waals surface area contributed by atoms with E-state index in [0.717, 1.165) is 15.7 Å². The molecule has 0 bridgehead atoms. The first kappa shape index (κ1) is 11.4. The van der Waals surface area contributed by atoms with Crippen molar-refractivity contribution in [2.75, 3.05) is 6.54 Å². The quantitative estimate of drug-likeness (QED) is 0.939. The molecule has 0 saturated heterocycles. The summed E-state index contributed by atoms with van der Waals surface area (Å²) < 4.78 is 3.18. The van der Waals surface area contributed by atoms with Crippen LogP contribution >= 0.6 is 15.9 Å². The molecule has 0 aliphatic carbocycles. The molecule has 0 saturated carbocycles. The van der Waals surface area contributed by atoms with Crippen LogP contribution in [0.25, 0.3) is 11.3 Å². The molecule has 0 radical (unpaired) electrons. The highest BCUT2D eigenvalue weighted by molar-refractivity contribution is 9.10. The molecular formula is C12H14BrN3. The van der Waals surface area contributed by atoms with Crippen molar-refractivity contribution in [2.45, 2.75) is 13.0 Å². The Labute approximate surface area is 103 Å². The molecule has 1 aromatic heterocycles. The maximum Gasteiger partial charge on any atom is 0.0953 e. The summed E-state index contributed by atoms with van der Waals surface area (Å²) in [5.74, 6) is 0. The second-order valence-corrected chi connectivity index (χ2v) is 4.69. The fourth-order valence-electron chi connectivity index (χ4n) is 1.61. The number of imidazole rings is 1. The number of halogens is 1. The summed E-state index contributed by atoms with van der Waals surface area (Å²) in [6, 6.07) is 8.46. The molecule has 2 N–H and O–H groups in total. The van der Waals surface area contributed by atoms with Crippen molar-refractivity contribution in [2.24, 2.45) is 5.73 Å². The zero-order valence-corrected chi connectivity index (χ0v) is 10.7. The van der Waals surface area contributed by atoms with E-state index in [1.807, 2.05) is 24.7 Å². The van der Waals surface area contributed by atoms with Crippen molar-refractivity contribution in [3.8, 4) is 11.3 Å². The minimum absolute atomic E-state index is 0.265. The highest BCUT2D eigenvalue weighted by Gasteiger charge is 2.09. The summed E-state index contributed by atoms with van der Waals surface area (Å²) in [5, 5.41) is 0. The Morgan fingerprint density at radius 3 is 2.69 bits per heavy atom. The van der Waals surface area contributed by atoms with Gasteiger partial charge in [-0.05, 0) is 24.6 Å². The Morgan fingerprint density at radius 2 is 2.06 bits per heavy atom. The van der Waals surface area contributed by atoms with Crippen molar-refractivity contribution in [3.05, 3.63) is 41.3 Å². The normalized spacial score (nSPS) is 12.7. The van der Waals surface area contributed by atoms with Crippen LogP contribution in [-0.2, 0) is 0 Å². The van der Waals surface area contributed by atoms with Gasteiger partial charge in [0.15, 0.2) is 0 Å². The summed E-state index contributed by atoms with van der Waals surface area (Å²) in [4.78, 5) is 4.19. The molecule has 0 aliphatic heterocycles. The van der Waals surface area contributed by atoms with Gasteiger partial charge in [0.2, 0.25) is 0 Å². The lowest BCUT2D eigenvalue weighted by Crippen LogP contribution is -2.15. The van der Waals surface area contributed by atoms with E-state index in [2.05, 4.69) is 44.5 Å². The maximum absolute atomic E-state index is 5.68. The summed E-state index contributed by atoms with van der Waals surface area (Å²) >= 11 is 3.43. The molecule has 16 heavy (non-hydrogen) atoms. The van der Waals surface area contributed by atoms with Gasteiger partial charge in [-0.2, -0.15) is 0 Å². The standard InChI is InChI=1S/C12H14BrN3/c1-9(6-14)16-8-15-7-12(16)10-2-4-11(13)5-3-10/h2-5,7-9H,6,14H2,1H3. The Bertz CT molecular complexity index is 461. The topological polar surface area (TPSA) is 43.8 Å². The van der Waals surface area contributed by atoms with Crippen LogP contribution in [0.2, 0.25) is 0 Å². The summed E-state index contributed by atoms with van der Waals surface area (Å²) in [7, 11) is 0. The number of aromatic nitrogens is 2. The maximum atomic E-state index is 5.68. The fourth-order valence-corrected chi connectivity index (χ4v) is 1.88. The van der Waals surface area contributed by atoms with Crippen LogP contribution in [0.5, 0.6) is 0 Å². The molecule has 0 fully saturated rings. The van der Waals surface area contributed by atoms with E-state index >= 15 is 0 Å². The Kier molecular flexibility index (Phi) is 3.41. The molecule has 1 atom stereocenters. The minimum Gasteiger partial charge on any atom is -0.328 e. The van der Waals surface area contributed by atoms with Crippen LogP contribution in [0, 0.1) is 0 Å². The van der Waals surface area contributed by atoms with Crippen LogP contribution in [0.1, 0.15) is 13.0 Å². The zero-order valence-electron chi connectivity index (χ0n) is 9.10. The molecule has 1 heterocycles. The molecular weight excluding hydrogens is 266 g/mol. The number of nitrogens with two attached hydrogens (primary N) is 1. The van der Waals surface area contributed by atoms with E-state index in [1.165, 1.54) is 0 Å². The van der Waals surface area contributed by atoms with Crippen molar-refractivity contribution in [1.29, 1.82) is 0 Å². The molecule has 2 aromatic rings. The summed E-state index contributed by atoms with van der Waals surface area (Å²) in [6.45, 7) is 2.70.